The molecular weight excluding hydrogens is 476 g/mol. The van der Waals surface area contributed by atoms with Gasteiger partial charge in [0.05, 0.1) is 10.5 Å². The number of fused-ring (bicyclic) bond motifs is 5. The van der Waals surface area contributed by atoms with Gasteiger partial charge in [0, 0.05) is 24.5 Å². The van der Waals surface area contributed by atoms with Crippen LogP contribution < -0.4 is 10.1 Å². The Morgan fingerprint density at radius 3 is 2.43 bits per heavy atom. The number of amides is 1. The molecule has 9 heteroatoms. The number of hydrogen-bond donors (Lipinski definition) is 1. The second-order valence-electron chi connectivity index (χ2n) is 9.89. The number of esters is 1. The topological polar surface area (TPSA) is 125 Å². The van der Waals surface area contributed by atoms with Gasteiger partial charge in [-0.2, -0.15) is 0 Å². The highest BCUT2D eigenvalue weighted by Crippen LogP contribution is 2.61. The van der Waals surface area contributed by atoms with Crippen LogP contribution in [0, 0.1) is 10.1 Å². The van der Waals surface area contributed by atoms with Crippen LogP contribution in [-0.4, -0.2) is 22.6 Å². The predicted molar refractivity (Wildman–Crippen MR) is 135 cm³/mol. The van der Waals surface area contributed by atoms with Crippen molar-refractivity contribution in [2.24, 2.45) is 0 Å². The van der Waals surface area contributed by atoms with Crippen molar-refractivity contribution in [3.8, 4) is 5.75 Å². The van der Waals surface area contributed by atoms with E-state index in [9.17, 15) is 24.5 Å². The number of nitro benzene ring substituents is 1. The Hall–Kier alpha value is -3.75. The molecule has 0 bridgehead atoms. The molecule has 0 spiro atoms. The van der Waals surface area contributed by atoms with Gasteiger partial charge in [-0.25, -0.2) is 0 Å². The minimum absolute atomic E-state index is 0.0506. The van der Waals surface area contributed by atoms with E-state index in [4.69, 9.17) is 9.47 Å². The second-order valence-corrected chi connectivity index (χ2v) is 9.89. The molecule has 196 valence electrons. The van der Waals surface area contributed by atoms with Crippen LogP contribution >= 0.6 is 0 Å². The van der Waals surface area contributed by atoms with E-state index in [1.54, 1.807) is 12.1 Å². The lowest BCUT2D eigenvalue weighted by molar-refractivity contribution is -0.385. The Morgan fingerprint density at radius 1 is 1.08 bits per heavy atom. The quantitative estimate of drug-likeness (QED) is 0.259. The zero-order valence-electron chi connectivity index (χ0n) is 21.6. The van der Waals surface area contributed by atoms with Gasteiger partial charge in [0.1, 0.15) is 11.3 Å². The van der Waals surface area contributed by atoms with E-state index < -0.39 is 39.6 Å². The van der Waals surface area contributed by atoms with Gasteiger partial charge >= 0.3 is 11.8 Å². The summed E-state index contributed by atoms with van der Waals surface area (Å²) in [6.45, 7) is 7.87. The monoisotopic (exact) mass is 508 g/mol. The van der Waals surface area contributed by atoms with Crippen LogP contribution in [0.1, 0.15) is 99.2 Å². The molecule has 0 radical (unpaired) electrons. The van der Waals surface area contributed by atoms with Crippen LogP contribution in [0.3, 0.4) is 0 Å². The molecule has 1 heterocycles. The molecule has 2 aliphatic rings. The van der Waals surface area contributed by atoms with Gasteiger partial charge < -0.3 is 14.8 Å². The van der Waals surface area contributed by atoms with Gasteiger partial charge in [-0.3, -0.25) is 24.5 Å². The van der Waals surface area contributed by atoms with Gasteiger partial charge in [-0.15, -0.1) is 0 Å². The Bertz CT molecular complexity index is 1270. The number of nitro groups is 1. The lowest BCUT2D eigenvalue weighted by atomic mass is 9.81. The summed E-state index contributed by atoms with van der Waals surface area (Å²) in [7, 11) is 0. The maximum atomic E-state index is 14.3. The fraction of sp³-hybridized carbons (Fsp3) is 0.464. The number of ether oxygens (including phenoxy) is 2. The summed E-state index contributed by atoms with van der Waals surface area (Å²) in [6, 6.07) is 9.41. The molecular formula is C28H32N2O7. The Morgan fingerprint density at radius 2 is 1.78 bits per heavy atom. The van der Waals surface area contributed by atoms with E-state index in [2.05, 4.69) is 5.32 Å². The van der Waals surface area contributed by atoms with E-state index in [1.165, 1.54) is 18.2 Å². The molecule has 4 rings (SSSR count). The minimum atomic E-state index is -2.12. The molecule has 1 aliphatic carbocycles. The van der Waals surface area contributed by atoms with Gasteiger partial charge in [-0.1, -0.05) is 58.7 Å². The van der Waals surface area contributed by atoms with Crippen molar-refractivity contribution in [2.45, 2.75) is 83.5 Å². The number of hydrogen-bond acceptors (Lipinski definition) is 7. The third kappa shape index (κ3) is 4.06. The number of nitrogens with zero attached hydrogens (tertiary/aromatic N) is 1. The number of rotatable bonds is 10. The van der Waals surface area contributed by atoms with Crippen LogP contribution in [0.5, 0.6) is 5.75 Å². The van der Waals surface area contributed by atoms with Crippen molar-refractivity contribution < 1.29 is 28.8 Å². The van der Waals surface area contributed by atoms with Crippen LogP contribution in [0.15, 0.2) is 36.4 Å². The first-order valence-electron chi connectivity index (χ1n) is 12.8. The van der Waals surface area contributed by atoms with Crippen molar-refractivity contribution in [3.05, 3.63) is 68.8 Å². The van der Waals surface area contributed by atoms with E-state index in [-0.39, 0.29) is 35.6 Å². The number of Topliss-reactive ketones (excluding diaryl/α,β-unsaturated/α-hetero) is 1. The minimum Gasteiger partial charge on any atom is -0.445 e. The molecule has 2 atom stereocenters. The summed E-state index contributed by atoms with van der Waals surface area (Å²) >= 11 is 0. The first-order valence-corrected chi connectivity index (χ1v) is 12.8. The largest absolute Gasteiger partial charge is 0.445 e. The lowest BCUT2D eigenvalue weighted by Gasteiger charge is -2.37. The number of benzene rings is 2. The molecule has 9 nitrogen and oxygen atoms in total. The van der Waals surface area contributed by atoms with E-state index in [1.807, 2.05) is 33.8 Å². The molecule has 2 unspecified atom stereocenters. The molecule has 0 aromatic heterocycles. The van der Waals surface area contributed by atoms with Crippen molar-refractivity contribution in [3.63, 3.8) is 0 Å². The summed E-state index contributed by atoms with van der Waals surface area (Å²) in [5, 5.41) is 14.8. The summed E-state index contributed by atoms with van der Waals surface area (Å²) < 4.78 is 12.4. The second kappa shape index (κ2) is 9.95. The number of carbonyl (C=O) groups excluding carboxylic acids is 3. The SMILES string of the molecule is CCCCC(=O)NC12C(=O)c3c([N+](=O)[O-])cccc3C1(OC(=O)CCCC)Oc1cc(C(C)C)ccc12. The summed E-state index contributed by atoms with van der Waals surface area (Å²) in [4.78, 5) is 51.9. The van der Waals surface area contributed by atoms with E-state index in [0.29, 0.717) is 18.4 Å². The molecule has 2 aromatic carbocycles. The molecule has 1 amide bonds. The molecule has 0 saturated carbocycles. The first kappa shape index (κ1) is 26.3. The van der Waals surface area contributed by atoms with Gasteiger partial charge in [0.15, 0.2) is 0 Å². The summed E-state index contributed by atoms with van der Waals surface area (Å²) in [5.41, 5.74) is -1.39. The molecule has 1 aliphatic heterocycles. The smallest absolute Gasteiger partial charge is 0.317 e. The summed E-state index contributed by atoms with van der Waals surface area (Å²) in [6.07, 6.45) is 2.80. The molecule has 1 N–H and O–H groups in total. The molecule has 0 saturated heterocycles. The fourth-order valence-corrected chi connectivity index (χ4v) is 5.12. The van der Waals surface area contributed by atoms with Crippen molar-refractivity contribution >= 4 is 23.3 Å². The van der Waals surface area contributed by atoms with Gasteiger partial charge in [0.25, 0.3) is 5.69 Å². The predicted octanol–water partition coefficient (Wildman–Crippen LogP) is 5.40. The van der Waals surface area contributed by atoms with Crippen LogP contribution in [-0.2, 0) is 25.7 Å². The zero-order chi connectivity index (χ0) is 27.0. The Labute approximate surface area is 215 Å². The van der Waals surface area contributed by atoms with Crippen molar-refractivity contribution in [2.75, 3.05) is 0 Å². The van der Waals surface area contributed by atoms with Crippen LogP contribution in [0.2, 0.25) is 0 Å². The van der Waals surface area contributed by atoms with Gasteiger partial charge in [0.2, 0.25) is 17.2 Å². The average molecular weight is 509 g/mol. The Kier molecular flexibility index (Phi) is 7.08. The lowest BCUT2D eigenvalue weighted by Crippen LogP contribution is -2.61. The summed E-state index contributed by atoms with van der Waals surface area (Å²) in [5.74, 6) is -3.50. The normalized spacial score (nSPS) is 21.2. The highest BCUT2D eigenvalue weighted by Gasteiger charge is 2.76. The molecule has 2 aromatic rings. The maximum absolute atomic E-state index is 14.3. The standard InChI is InChI=1S/C28H32N2O7/c1-5-7-12-23(31)29-27-19-15-14-18(17(3)4)16-22(19)36-28(27,37-24(32)13-8-6-2)20-10-9-11-21(30(34)35)25(20)26(27)33/h9-11,14-17H,5-8,12-13H2,1-4H3,(H,29,31). The highest BCUT2D eigenvalue weighted by atomic mass is 16.7. The number of carbonyl (C=O) groups is 3. The van der Waals surface area contributed by atoms with Crippen LogP contribution in [0.4, 0.5) is 5.69 Å². The zero-order valence-corrected chi connectivity index (χ0v) is 21.6. The van der Waals surface area contributed by atoms with E-state index in [0.717, 1.165) is 18.4 Å². The third-order valence-corrected chi connectivity index (χ3v) is 7.06. The number of ketones is 1. The molecule has 37 heavy (non-hydrogen) atoms. The number of unbranched alkanes of at least 4 members (excludes halogenated alkanes) is 2. The van der Waals surface area contributed by atoms with Gasteiger partial charge in [-0.05, 0) is 36.5 Å². The highest BCUT2D eigenvalue weighted by molar-refractivity contribution is 6.15. The van der Waals surface area contributed by atoms with Crippen molar-refractivity contribution in [1.82, 2.24) is 5.32 Å². The van der Waals surface area contributed by atoms with Crippen molar-refractivity contribution in [1.29, 1.82) is 0 Å². The average Bonchev–Trinajstić information content (AvgIpc) is 3.24. The third-order valence-electron chi connectivity index (χ3n) is 7.06. The maximum Gasteiger partial charge on any atom is 0.317 e. The van der Waals surface area contributed by atoms with E-state index >= 15 is 0 Å². The fourth-order valence-electron chi connectivity index (χ4n) is 5.12. The first-order chi connectivity index (χ1) is 17.6. The number of nitrogens with one attached hydrogen (secondary N) is 1. The Balaban J connectivity index is 2.00. The van der Waals surface area contributed by atoms with Crippen LogP contribution in [0.25, 0.3) is 0 Å². The molecule has 0 fully saturated rings.